The highest BCUT2D eigenvalue weighted by Gasteiger charge is 2.22. The maximum absolute atomic E-state index is 12.0. The van der Waals surface area contributed by atoms with Crippen LogP contribution in [0.4, 0.5) is 5.82 Å². The van der Waals surface area contributed by atoms with Crippen LogP contribution < -0.4 is 15.0 Å². The molecule has 1 aliphatic heterocycles. The summed E-state index contributed by atoms with van der Waals surface area (Å²) in [5.41, 5.74) is 0. The van der Waals surface area contributed by atoms with Gasteiger partial charge >= 0.3 is 0 Å². The van der Waals surface area contributed by atoms with Gasteiger partial charge in [0.15, 0.2) is 12.4 Å². The lowest BCUT2D eigenvalue weighted by molar-refractivity contribution is -0.123. The van der Waals surface area contributed by atoms with E-state index in [1.165, 1.54) is 11.7 Å². The lowest BCUT2D eigenvalue weighted by Gasteiger charge is -2.32. The zero-order chi connectivity index (χ0) is 16.9. The minimum absolute atomic E-state index is 0.0719. The maximum Gasteiger partial charge on any atom is 0.258 e. The van der Waals surface area contributed by atoms with E-state index in [4.69, 9.17) is 27.9 Å². The second-order valence-electron chi connectivity index (χ2n) is 5.46. The summed E-state index contributed by atoms with van der Waals surface area (Å²) < 4.78 is 13.7. The molecule has 1 amide bonds. The summed E-state index contributed by atoms with van der Waals surface area (Å²) in [6.45, 7) is 1.62. The van der Waals surface area contributed by atoms with Gasteiger partial charge in [-0.1, -0.05) is 23.2 Å². The third kappa shape index (κ3) is 4.49. The van der Waals surface area contributed by atoms with Crippen LogP contribution in [-0.4, -0.2) is 40.4 Å². The molecule has 1 N–H and O–H groups in total. The molecule has 0 saturated carbocycles. The van der Waals surface area contributed by atoms with Gasteiger partial charge in [0, 0.05) is 24.2 Å². The van der Waals surface area contributed by atoms with E-state index in [0.29, 0.717) is 15.8 Å². The maximum atomic E-state index is 12.0. The Hall–Kier alpha value is -1.57. The van der Waals surface area contributed by atoms with Gasteiger partial charge in [0.1, 0.15) is 5.75 Å². The molecule has 24 heavy (non-hydrogen) atoms. The summed E-state index contributed by atoms with van der Waals surface area (Å²) in [6, 6.07) is 5.05. The average molecular weight is 387 g/mol. The van der Waals surface area contributed by atoms with Crippen LogP contribution in [0.15, 0.2) is 24.4 Å². The van der Waals surface area contributed by atoms with E-state index >= 15 is 0 Å². The quantitative estimate of drug-likeness (QED) is 0.855. The fraction of sp³-hybridized carbons (Fsp3) is 0.400. The molecule has 0 bridgehead atoms. The molecule has 2 aromatic rings. The number of amides is 1. The van der Waals surface area contributed by atoms with Crippen molar-refractivity contribution < 1.29 is 9.53 Å². The average Bonchev–Trinajstić information content (AvgIpc) is 3.09. The number of piperidine rings is 1. The first-order valence-corrected chi connectivity index (χ1v) is 9.00. The predicted molar refractivity (Wildman–Crippen MR) is 95.2 cm³/mol. The lowest BCUT2D eigenvalue weighted by atomic mass is 10.1. The molecule has 0 aliphatic carbocycles. The zero-order valence-corrected chi connectivity index (χ0v) is 15.1. The Balaban J connectivity index is 1.43. The topological polar surface area (TPSA) is 67.3 Å². The molecule has 1 aliphatic rings. The number of carbonyl (C=O) groups excluding carboxylic acids is 1. The molecule has 1 aromatic carbocycles. The van der Waals surface area contributed by atoms with Crippen molar-refractivity contribution in [3.8, 4) is 5.75 Å². The van der Waals surface area contributed by atoms with E-state index in [1.807, 2.05) is 0 Å². The van der Waals surface area contributed by atoms with Crippen molar-refractivity contribution in [3.63, 3.8) is 0 Å². The standard InChI is InChI=1S/C15H16Cl2N4O2S/c16-10-1-2-13(12(17)7-10)23-9-15(22)19-11-3-5-21(6-4-11)14-8-18-24-20-14/h1-2,7-8,11H,3-6,9H2,(H,19,22). The molecule has 128 valence electrons. The van der Waals surface area contributed by atoms with Crippen molar-refractivity contribution in [2.24, 2.45) is 0 Å². The first-order valence-electron chi connectivity index (χ1n) is 7.51. The van der Waals surface area contributed by atoms with Crippen LogP contribution in [0.1, 0.15) is 12.8 Å². The van der Waals surface area contributed by atoms with Gasteiger partial charge in [0.25, 0.3) is 5.91 Å². The fourth-order valence-electron chi connectivity index (χ4n) is 2.56. The van der Waals surface area contributed by atoms with E-state index in [2.05, 4.69) is 19.0 Å². The summed E-state index contributed by atoms with van der Waals surface area (Å²) in [4.78, 5) is 14.2. The zero-order valence-electron chi connectivity index (χ0n) is 12.7. The van der Waals surface area contributed by atoms with E-state index in [1.54, 1.807) is 24.4 Å². The van der Waals surface area contributed by atoms with Gasteiger partial charge in [-0.15, -0.1) is 0 Å². The van der Waals surface area contributed by atoms with E-state index < -0.39 is 0 Å². The van der Waals surface area contributed by atoms with Crippen molar-refractivity contribution in [1.82, 2.24) is 14.1 Å². The van der Waals surface area contributed by atoms with Crippen molar-refractivity contribution in [2.75, 3.05) is 24.6 Å². The highest BCUT2D eigenvalue weighted by atomic mass is 35.5. The first-order chi connectivity index (χ1) is 11.6. The van der Waals surface area contributed by atoms with Crippen LogP contribution >= 0.6 is 34.9 Å². The number of aromatic nitrogens is 2. The van der Waals surface area contributed by atoms with E-state index in [0.717, 1.165) is 31.7 Å². The van der Waals surface area contributed by atoms with Gasteiger partial charge in [0.2, 0.25) is 0 Å². The Morgan fingerprint density at radius 1 is 1.38 bits per heavy atom. The van der Waals surface area contributed by atoms with Crippen molar-refractivity contribution in [1.29, 1.82) is 0 Å². The van der Waals surface area contributed by atoms with Crippen molar-refractivity contribution in [3.05, 3.63) is 34.4 Å². The van der Waals surface area contributed by atoms with Crippen LogP contribution in [0.3, 0.4) is 0 Å². The minimum Gasteiger partial charge on any atom is -0.482 e. The smallest absolute Gasteiger partial charge is 0.258 e. The van der Waals surface area contributed by atoms with Crippen LogP contribution in [-0.2, 0) is 4.79 Å². The molecule has 1 saturated heterocycles. The minimum atomic E-state index is -0.158. The summed E-state index contributed by atoms with van der Waals surface area (Å²) in [5.74, 6) is 1.20. The number of ether oxygens (including phenoxy) is 1. The summed E-state index contributed by atoms with van der Waals surface area (Å²) in [6.07, 6.45) is 3.50. The highest BCUT2D eigenvalue weighted by molar-refractivity contribution is 6.99. The van der Waals surface area contributed by atoms with Gasteiger partial charge in [-0.25, -0.2) is 0 Å². The number of nitrogens with zero attached hydrogens (tertiary/aromatic N) is 3. The molecule has 0 spiro atoms. The Morgan fingerprint density at radius 3 is 2.83 bits per heavy atom. The van der Waals surface area contributed by atoms with E-state index in [-0.39, 0.29) is 18.6 Å². The number of rotatable bonds is 5. The molecular weight excluding hydrogens is 371 g/mol. The van der Waals surface area contributed by atoms with Gasteiger partial charge in [-0.3, -0.25) is 4.79 Å². The largest absolute Gasteiger partial charge is 0.482 e. The number of hydrogen-bond acceptors (Lipinski definition) is 6. The molecular formula is C15H16Cl2N4O2S. The summed E-state index contributed by atoms with van der Waals surface area (Å²) in [7, 11) is 0. The molecule has 2 heterocycles. The molecule has 0 atom stereocenters. The Kier molecular flexibility index (Phi) is 5.76. The molecule has 0 radical (unpaired) electrons. The molecule has 3 rings (SSSR count). The Labute approximate surface area is 154 Å². The summed E-state index contributed by atoms with van der Waals surface area (Å²) in [5, 5.41) is 3.91. The normalized spacial score (nSPS) is 15.3. The van der Waals surface area contributed by atoms with Gasteiger partial charge in [-0.2, -0.15) is 8.75 Å². The predicted octanol–water partition coefficient (Wildman–Crippen LogP) is 3.01. The number of nitrogens with one attached hydrogen (secondary N) is 1. The molecule has 6 nitrogen and oxygen atoms in total. The third-order valence-electron chi connectivity index (χ3n) is 3.79. The highest BCUT2D eigenvalue weighted by Crippen LogP contribution is 2.27. The second-order valence-corrected chi connectivity index (χ2v) is 6.86. The van der Waals surface area contributed by atoms with Crippen LogP contribution in [0, 0.1) is 0 Å². The van der Waals surface area contributed by atoms with Crippen LogP contribution in [0.2, 0.25) is 10.0 Å². The van der Waals surface area contributed by atoms with Crippen molar-refractivity contribution >= 4 is 46.7 Å². The van der Waals surface area contributed by atoms with Gasteiger partial charge in [0.05, 0.1) is 22.9 Å². The number of benzene rings is 1. The lowest BCUT2D eigenvalue weighted by Crippen LogP contribution is -2.46. The monoisotopic (exact) mass is 386 g/mol. The molecule has 1 fully saturated rings. The number of halogens is 2. The molecule has 0 unspecified atom stereocenters. The first kappa shape index (κ1) is 17.3. The Bertz CT molecular complexity index is 691. The third-order valence-corrected chi connectivity index (χ3v) is 4.79. The SMILES string of the molecule is O=C(COc1ccc(Cl)cc1Cl)NC1CCN(c2cnsn2)CC1. The van der Waals surface area contributed by atoms with Gasteiger partial charge in [-0.05, 0) is 31.0 Å². The number of anilines is 1. The molecule has 1 aromatic heterocycles. The Morgan fingerprint density at radius 2 is 2.17 bits per heavy atom. The number of carbonyl (C=O) groups is 1. The van der Waals surface area contributed by atoms with Crippen LogP contribution in [0.5, 0.6) is 5.75 Å². The van der Waals surface area contributed by atoms with E-state index in [9.17, 15) is 4.79 Å². The fourth-order valence-corrected chi connectivity index (χ4v) is 3.45. The number of hydrogen-bond donors (Lipinski definition) is 1. The summed E-state index contributed by atoms with van der Waals surface area (Å²) >= 11 is 13.0. The second kappa shape index (κ2) is 8.00. The molecule has 9 heteroatoms. The van der Waals surface area contributed by atoms with Gasteiger partial charge < -0.3 is 15.0 Å². The van der Waals surface area contributed by atoms with Crippen molar-refractivity contribution in [2.45, 2.75) is 18.9 Å². The van der Waals surface area contributed by atoms with Crippen LogP contribution in [0.25, 0.3) is 0 Å².